The predicted octanol–water partition coefficient (Wildman–Crippen LogP) is 3.01. The molecule has 0 fully saturated rings. The van der Waals surface area contributed by atoms with Crippen LogP contribution in [0.2, 0.25) is 0 Å². The van der Waals surface area contributed by atoms with Crippen LogP contribution in [0.3, 0.4) is 0 Å². The monoisotopic (exact) mass is 404 g/mol. The summed E-state index contributed by atoms with van der Waals surface area (Å²) in [5, 5.41) is 7.62. The van der Waals surface area contributed by atoms with Crippen LogP contribution >= 0.6 is 0 Å². The summed E-state index contributed by atoms with van der Waals surface area (Å²) in [6, 6.07) is 14.5. The average molecular weight is 404 g/mol. The molecule has 0 spiro atoms. The Bertz CT molecular complexity index is 1200. The highest BCUT2D eigenvalue weighted by molar-refractivity contribution is 6.08. The van der Waals surface area contributed by atoms with Gasteiger partial charge in [-0.1, -0.05) is 30.3 Å². The van der Waals surface area contributed by atoms with E-state index in [9.17, 15) is 9.59 Å². The van der Waals surface area contributed by atoms with Gasteiger partial charge in [0.05, 0.1) is 22.9 Å². The van der Waals surface area contributed by atoms with E-state index in [0.717, 1.165) is 5.56 Å². The lowest BCUT2D eigenvalue weighted by molar-refractivity contribution is -0.143. The summed E-state index contributed by atoms with van der Waals surface area (Å²) in [4.78, 5) is 29.5. The van der Waals surface area contributed by atoms with Crippen LogP contribution in [0, 0.1) is 6.92 Å². The zero-order valence-electron chi connectivity index (χ0n) is 16.6. The van der Waals surface area contributed by atoms with Gasteiger partial charge in [-0.25, -0.2) is 4.98 Å². The summed E-state index contributed by atoms with van der Waals surface area (Å²) in [7, 11) is 1.76. The second kappa shape index (κ2) is 8.20. The molecule has 4 rings (SSSR count). The molecule has 3 heterocycles. The normalized spacial score (nSPS) is 10.9. The van der Waals surface area contributed by atoms with Crippen LogP contribution in [-0.4, -0.2) is 33.2 Å². The molecule has 0 unspecified atom stereocenters. The quantitative estimate of drug-likeness (QED) is 0.496. The number of nitrogens with one attached hydrogen (secondary N) is 1. The van der Waals surface area contributed by atoms with Crippen LogP contribution in [0.15, 0.2) is 59.2 Å². The van der Waals surface area contributed by atoms with E-state index in [1.807, 2.05) is 37.3 Å². The number of hydrogen-bond acceptors (Lipinski definition) is 6. The first kappa shape index (κ1) is 19.4. The fraction of sp³-hybridized carbons (Fsp3) is 0.182. The van der Waals surface area contributed by atoms with Crippen molar-refractivity contribution in [1.82, 2.24) is 20.1 Å². The van der Waals surface area contributed by atoms with E-state index >= 15 is 0 Å². The van der Waals surface area contributed by atoms with E-state index in [-0.39, 0.29) is 13.2 Å². The van der Waals surface area contributed by atoms with Crippen LogP contribution < -0.4 is 5.32 Å². The molecule has 1 aromatic carbocycles. The average Bonchev–Trinajstić information content (AvgIpc) is 3.39. The maximum Gasteiger partial charge on any atom is 0.325 e. The molecule has 152 valence electrons. The molecule has 30 heavy (non-hydrogen) atoms. The molecule has 8 heteroatoms. The smallest absolute Gasteiger partial charge is 0.325 e. The van der Waals surface area contributed by atoms with Crippen molar-refractivity contribution in [3.8, 4) is 11.5 Å². The zero-order valence-corrected chi connectivity index (χ0v) is 16.6. The topological polar surface area (TPSA) is 99.3 Å². The molecule has 8 nitrogen and oxygen atoms in total. The molecule has 0 aliphatic heterocycles. The molecule has 0 aliphatic carbocycles. The van der Waals surface area contributed by atoms with Gasteiger partial charge >= 0.3 is 5.97 Å². The van der Waals surface area contributed by atoms with E-state index in [4.69, 9.17) is 9.15 Å². The standard InChI is InChI=1S/C22H20N4O4/c1-14-20-16(11-17(18-9-6-10-29-18)24-21(20)26(2)25-14)22(28)23-12-19(27)30-13-15-7-4-3-5-8-15/h3-11H,12-13H2,1-2H3,(H,23,28). The van der Waals surface area contributed by atoms with Gasteiger partial charge in [0.2, 0.25) is 0 Å². The molecule has 4 aromatic rings. The largest absolute Gasteiger partial charge is 0.463 e. The van der Waals surface area contributed by atoms with Crippen molar-refractivity contribution in [2.24, 2.45) is 7.05 Å². The number of esters is 1. The highest BCUT2D eigenvalue weighted by Gasteiger charge is 2.20. The van der Waals surface area contributed by atoms with Gasteiger partial charge in [-0.2, -0.15) is 5.10 Å². The maximum atomic E-state index is 12.9. The number of aromatic nitrogens is 3. The van der Waals surface area contributed by atoms with Crippen molar-refractivity contribution >= 4 is 22.9 Å². The Balaban J connectivity index is 1.53. The summed E-state index contributed by atoms with van der Waals surface area (Å²) in [5.74, 6) is -0.401. The summed E-state index contributed by atoms with van der Waals surface area (Å²) < 4.78 is 12.3. The number of benzene rings is 1. The van der Waals surface area contributed by atoms with Gasteiger partial charge in [0.15, 0.2) is 11.4 Å². The number of amides is 1. The Kier molecular flexibility index (Phi) is 5.30. The van der Waals surface area contributed by atoms with Gasteiger partial charge in [0, 0.05) is 7.05 Å². The third-order valence-electron chi connectivity index (χ3n) is 4.62. The number of nitrogens with zero attached hydrogens (tertiary/aromatic N) is 3. The summed E-state index contributed by atoms with van der Waals surface area (Å²) in [6.07, 6.45) is 1.54. The summed E-state index contributed by atoms with van der Waals surface area (Å²) in [6.45, 7) is 1.71. The first-order chi connectivity index (χ1) is 14.5. The number of aryl methyl sites for hydroxylation is 2. The number of carbonyl (C=O) groups excluding carboxylic acids is 2. The zero-order chi connectivity index (χ0) is 21.1. The van der Waals surface area contributed by atoms with Gasteiger partial charge in [0.1, 0.15) is 18.8 Å². The first-order valence-corrected chi connectivity index (χ1v) is 9.39. The van der Waals surface area contributed by atoms with Crippen molar-refractivity contribution in [2.45, 2.75) is 13.5 Å². The number of hydrogen-bond donors (Lipinski definition) is 1. The molecule has 1 N–H and O–H groups in total. The highest BCUT2D eigenvalue weighted by atomic mass is 16.5. The highest BCUT2D eigenvalue weighted by Crippen LogP contribution is 2.27. The van der Waals surface area contributed by atoms with Crippen LogP contribution in [-0.2, 0) is 23.2 Å². The maximum absolute atomic E-state index is 12.9. The molecule has 0 saturated carbocycles. The Morgan fingerprint density at radius 3 is 2.70 bits per heavy atom. The SMILES string of the molecule is Cc1nn(C)c2nc(-c3ccco3)cc(C(=O)NCC(=O)OCc3ccccc3)c12. The second-order valence-corrected chi connectivity index (χ2v) is 6.77. The summed E-state index contributed by atoms with van der Waals surface area (Å²) >= 11 is 0. The molecule has 0 atom stereocenters. The molecule has 0 saturated heterocycles. The second-order valence-electron chi connectivity index (χ2n) is 6.77. The molecule has 0 aliphatic rings. The van der Waals surface area contributed by atoms with Crippen LogP contribution in [0.1, 0.15) is 21.6 Å². The van der Waals surface area contributed by atoms with E-state index in [2.05, 4.69) is 15.4 Å². The number of pyridine rings is 1. The lowest BCUT2D eigenvalue weighted by Crippen LogP contribution is -2.30. The van der Waals surface area contributed by atoms with Gasteiger partial charge in [0.25, 0.3) is 5.91 Å². The number of ether oxygens (including phenoxy) is 1. The Morgan fingerprint density at radius 1 is 1.17 bits per heavy atom. The minimum Gasteiger partial charge on any atom is -0.463 e. The number of carbonyl (C=O) groups is 2. The Morgan fingerprint density at radius 2 is 1.97 bits per heavy atom. The Labute approximate surface area is 172 Å². The van der Waals surface area contributed by atoms with Gasteiger partial charge in [-0.3, -0.25) is 14.3 Å². The van der Waals surface area contributed by atoms with E-state index in [1.165, 1.54) is 6.26 Å². The van der Waals surface area contributed by atoms with Crippen molar-refractivity contribution in [2.75, 3.05) is 6.54 Å². The third-order valence-corrected chi connectivity index (χ3v) is 4.62. The van der Waals surface area contributed by atoms with Crippen molar-refractivity contribution in [3.05, 3.63) is 71.6 Å². The lowest BCUT2D eigenvalue weighted by atomic mass is 10.1. The van der Waals surface area contributed by atoms with E-state index in [1.54, 1.807) is 29.9 Å². The van der Waals surface area contributed by atoms with Crippen molar-refractivity contribution in [3.63, 3.8) is 0 Å². The third kappa shape index (κ3) is 3.93. The molecule has 0 radical (unpaired) electrons. The molecule has 0 bridgehead atoms. The minimum atomic E-state index is -0.522. The number of furan rings is 1. The van der Waals surface area contributed by atoms with Gasteiger partial charge < -0.3 is 14.5 Å². The molecular weight excluding hydrogens is 384 g/mol. The van der Waals surface area contributed by atoms with Crippen LogP contribution in [0.4, 0.5) is 0 Å². The number of fused-ring (bicyclic) bond motifs is 1. The van der Waals surface area contributed by atoms with Crippen LogP contribution in [0.25, 0.3) is 22.5 Å². The summed E-state index contributed by atoms with van der Waals surface area (Å²) in [5.41, 5.74) is 2.98. The fourth-order valence-corrected chi connectivity index (χ4v) is 3.21. The minimum absolute atomic E-state index is 0.152. The van der Waals surface area contributed by atoms with Crippen molar-refractivity contribution in [1.29, 1.82) is 0 Å². The fourth-order valence-electron chi connectivity index (χ4n) is 3.21. The van der Waals surface area contributed by atoms with E-state index < -0.39 is 11.9 Å². The van der Waals surface area contributed by atoms with E-state index in [0.29, 0.717) is 33.7 Å². The van der Waals surface area contributed by atoms with Crippen molar-refractivity contribution < 1.29 is 18.7 Å². The van der Waals surface area contributed by atoms with Crippen LogP contribution in [0.5, 0.6) is 0 Å². The van der Waals surface area contributed by atoms with Gasteiger partial charge in [-0.05, 0) is 30.7 Å². The number of rotatable bonds is 6. The van der Waals surface area contributed by atoms with Gasteiger partial charge in [-0.15, -0.1) is 0 Å². The molecule has 1 amide bonds. The Hall–Kier alpha value is -3.94. The lowest BCUT2D eigenvalue weighted by Gasteiger charge is -2.09. The molecule has 3 aromatic heterocycles. The first-order valence-electron chi connectivity index (χ1n) is 9.39. The molecular formula is C22H20N4O4. The predicted molar refractivity (Wildman–Crippen MR) is 110 cm³/mol.